The first-order valence-electron chi connectivity index (χ1n) is 6.36. The summed E-state index contributed by atoms with van der Waals surface area (Å²) in [4.78, 5) is 1.87. The Bertz CT molecular complexity index is 577. The third-order valence-electron chi connectivity index (χ3n) is 3.09. The van der Waals surface area contributed by atoms with E-state index in [-0.39, 0.29) is 5.82 Å². The Morgan fingerprint density at radius 1 is 1.42 bits per heavy atom. The van der Waals surface area contributed by atoms with E-state index in [0.717, 1.165) is 30.2 Å². The zero-order valence-corrected chi connectivity index (χ0v) is 11.5. The average molecular weight is 262 g/mol. The lowest BCUT2D eigenvalue weighted by Crippen LogP contribution is -2.16. The van der Waals surface area contributed by atoms with Crippen molar-refractivity contribution in [2.45, 2.75) is 26.8 Å². The van der Waals surface area contributed by atoms with Gasteiger partial charge in [0.15, 0.2) is 5.82 Å². The fraction of sp³-hybridized carbons (Fsp3) is 0.357. The van der Waals surface area contributed by atoms with Gasteiger partial charge in [0.1, 0.15) is 5.82 Å². The second-order valence-electron chi connectivity index (χ2n) is 4.58. The maximum Gasteiger partial charge on any atom is 0.154 e. The van der Waals surface area contributed by atoms with E-state index in [9.17, 15) is 4.39 Å². The first-order valence-corrected chi connectivity index (χ1v) is 6.36. The predicted molar refractivity (Wildman–Crippen MR) is 76.1 cm³/mol. The molecule has 0 amide bonds. The van der Waals surface area contributed by atoms with Gasteiger partial charge in [-0.2, -0.15) is 5.10 Å². The van der Waals surface area contributed by atoms with Crippen molar-refractivity contribution in [2.75, 3.05) is 17.7 Å². The molecule has 0 bridgehead atoms. The Kier molecular flexibility index (Phi) is 3.74. The molecule has 0 atom stereocenters. The number of aryl methyl sites for hydroxylation is 2. The van der Waals surface area contributed by atoms with Crippen LogP contribution in [-0.4, -0.2) is 16.8 Å². The highest BCUT2D eigenvalue weighted by atomic mass is 19.1. The van der Waals surface area contributed by atoms with E-state index in [1.54, 1.807) is 6.07 Å². The van der Waals surface area contributed by atoms with Crippen LogP contribution in [-0.2, 0) is 6.54 Å². The van der Waals surface area contributed by atoms with Crippen LogP contribution in [0.2, 0.25) is 0 Å². The molecule has 102 valence electrons. The number of nitrogen functional groups attached to an aromatic ring is 1. The molecule has 0 aliphatic rings. The Labute approximate surface area is 112 Å². The van der Waals surface area contributed by atoms with Gasteiger partial charge >= 0.3 is 0 Å². The molecule has 2 N–H and O–H groups in total. The number of hydrogen-bond acceptors (Lipinski definition) is 3. The van der Waals surface area contributed by atoms with E-state index in [1.165, 1.54) is 12.1 Å². The van der Waals surface area contributed by atoms with Crippen LogP contribution in [0.3, 0.4) is 0 Å². The molecule has 0 spiro atoms. The van der Waals surface area contributed by atoms with Gasteiger partial charge in [0.25, 0.3) is 0 Å². The van der Waals surface area contributed by atoms with E-state index < -0.39 is 0 Å². The monoisotopic (exact) mass is 262 g/mol. The summed E-state index contributed by atoms with van der Waals surface area (Å²) in [6.07, 6.45) is 0.963. The fourth-order valence-corrected chi connectivity index (χ4v) is 2.11. The Balaban J connectivity index is 2.45. The molecular formula is C14H19FN4. The van der Waals surface area contributed by atoms with Crippen molar-refractivity contribution in [1.29, 1.82) is 0 Å². The van der Waals surface area contributed by atoms with Crippen LogP contribution in [0.25, 0.3) is 0 Å². The van der Waals surface area contributed by atoms with Crippen molar-refractivity contribution in [1.82, 2.24) is 9.78 Å². The highest BCUT2D eigenvalue weighted by Crippen LogP contribution is 2.31. The number of halogens is 1. The summed E-state index contributed by atoms with van der Waals surface area (Å²) < 4.78 is 15.2. The number of nitrogens with two attached hydrogens (primary N) is 1. The van der Waals surface area contributed by atoms with Gasteiger partial charge in [-0.05, 0) is 31.5 Å². The first-order chi connectivity index (χ1) is 9.04. The van der Waals surface area contributed by atoms with Gasteiger partial charge < -0.3 is 10.6 Å². The quantitative estimate of drug-likeness (QED) is 0.921. The summed E-state index contributed by atoms with van der Waals surface area (Å²) >= 11 is 0. The summed E-state index contributed by atoms with van der Waals surface area (Å²) in [5.74, 6) is 0.547. The second kappa shape index (κ2) is 5.30. The third-order valence-corrected chi connectivity index (χ3v) is 3.09. The maximum atomic E-state index is 13.3. The molecule has 0 fully saturated rings. The molecule has 1 aromatic carbocycles. The summed E-state index contributed by atoms with van der Waals surface area (Å²) in [5.41, 5.74) is 8.28. The fourth-order valence-electron chi connectivity index (χ4n) is 2.11. The molecule has 0 unspecified atom stereocenters. The van der Waals surface area contributed by atoms with Crippen LogP contribution < -0.4 is 10.6 Å². The third kappa shape index (κ3) is 2.54. The van der Waals surface area contributed by atoms with Crippen LogP contribution in [0.5, 0.6) is 0 Å². The number of hydrogen-bond donors (Lipinski definition) is 1. The van der Waals surface area contributed by atoms with Gasteiger partial charge in [-0.15, -0.1) is 0 Å². The zero-order chi connectivity index (χ0) is 14.0. The molecule has 0 aliphatic heterocycles. The van der Waals surface area contributed by atoms with Gasteiger partial charge in [0.2, 0.25) is 0 Å². The largest absolute Gasteiger partial charge is 0.394 e. The topological polar surface area (TPSA) is 47.1 Å². The molecule has 0 saturated heterocycles. The predicted octanol–water partition coefficient (Wildman–Crippen LogP) is 3.09. The van der Waals surface area contributed by atoms with Gasteiger partial charge in [-0.1, -0.05) is 13.0 Å². The molecule has 19 heavy (non-hydrogen) atoms. The molecule has 1 aromatic heterocycles. The number of aromatic nitrogens is 2. The molecule has 1 heterocycles. The van der Waals surface area contributed by atoms with Crippen LogP contribution in [0.4, 0.5) is 21.6 Å². The molecule has 2 aromatic rings. The van der Waals surface area contributed by atoms with Crippen molar-refractivity contribution < 1.29 is 4.39 Å². The lowest BCUT2D eigenvalue weighted by atomic mass is 10.2. The van der Waals surface area contributed by atoms with Crippen molar-refractivity contribution in [3.8, 4) is 0 Å². The van der Waals surface area contributed by atoms with Crippen molar-refractivity contribution in [3.05, 3.63) is 35.8 Å². The minimum Gasteiger partial charge on any atom is -0.394 e. The van der Waals surface area contributed by atoms with Crippen molar-refractivity contribution >= 4 is 17.2 Å². The van der Waals surface area contributed by atoms with E-state index in [1.807, 2.05) is 29.6 Å². The van der Waals surface area contributed by atoms with Gasteiger partial charge in [-0.25, -0.2) is 9.07 Å². The Morgan fingerprint density at radius 3 is 2.79 bits per heavy atom. The molecule has 0 aliphatic carbocycles. The van der Waals surface area contributed by atoms with Crippen LogP contribution in [0.15, 0.2) is 24.3 Å². The van der Waals surface area contributed by atoms with Gasteiger partial charge in [0.05, 0.1) is 11.4 Å². The van der Waals surface area contributed by atoms with E-state index in [2.05, 4.69) is 12.0 Å². The summed E-state index contributed by atoms with van der Waals surface area (Å²) in [6, 6.07) is 6.44. The summed E-state index contributed by atoms with van der Waals surface area (Å²) in [5, 5.41) is 4.43. The molecule has 0 saturated carbocycles. The number of rotatable bonds is 4. The molecular weight excluding hydrogens is 243 g/mol. The normalized spacial score (nSPS) is 10.7. The second-order valence-corrected chi connectivity index (χ2v) is 4.58. The standard InChI is InChI=1S/C14H19FN4/c1-4-8-19-14(13(16)10(2)17-19)18(3)12-7-5-6-11(15)9-12/h5-7,9H,4,8,16H2,1-3H3. The Morgan fingerprint density at radius 2 is 2.16 bits per heavy atom. The minimum absolute atomic E-state index is 0.263. The molecule has 2 rings (SSSR count). The minimum atomic E-state index is -0.263. The zero-order valence-electron chi connectivity index (χ0n) is 11.5. The maximum absolute atomic E-state index is 13.3. The molecule has 4 nitrogen and oxygen atoms in total. The highest BCUT2D eigenvalue weighted by molar-refractivity contribution is 5.72. The Hall–Kier alpha value is -2.04. The number of nitrogens with zero attached hydrogens (tertiary/aromatic N) is 3. The lowest BCUT2D eigenvalue weighted by molar-refractivity contribution is 0.598. The molecule has 5 heteroatoms. The molecule has 0 radical (unpaired) electrons. The van der Waals surface area contributed by atoms with E-state index >= 15 is 0 Å². The lowest BCUT2D eigenvalue weighted by Gasteiger charge is -2.21. The first kappa shape index (κ1) is 13.4. The summed E-state index contributed by atoms with van der Waals surface area (Å²) in [6.45, 7) is 4.75. The van der Waals surface area contributed by atoms with Gasteiger partial charge in [-0.3, -0.25) is 0 Å². The van der Waals surface area contributed by atoms with Crippen LogP contribution in [0.1, 0.15) is 19.0 Å². The van der Waals surface area contributed by atoms with E-state index in [0.29, 0.717) is 5.69 Å². The van der Waals surface area contributed by atoms with Gasteiger partial charge in [0, 0.05) is 19.3 Å². The van der Waals surface area contributed by atoms with Crippen molar-refractivity contribution in [3.63, 3.8) is 0 Å². The highest BCUT2D eigenvalue weighted by Gasteiger charge is 2.17. The van der Waals surface area contributed by atoms with E-state index in [4.69, 9.17) is 5.73 Å². The smallest absolute Gasteiger partial charge is 0.154 e. The van der Waals surface area contributed by atoms with Crippen LogP contribution in [0, 0.1) is 12.7 Å². The number of benzene rings is 1. The SMILES string of the molecule is CCCn1nc(C)c(N)c1N(C)c1cccc(F)c1. The average Bonchev–Trinajstić information content (AvgIpc) is 2.65. The summed E-state index contributed by atoms with van der Waals surface area (Å²) in [7, 11) is 1.87. The number of anilines is 3. The van der Waals surface area contributed by atoms with Crippen LogP contribution >= 0.6 is 0 Å². The van der Waals surface area contributed by atoms with Crippen molar-refractivity contribution in [2.24, 2.45) is 0 Å².